The lowest BCUT2D eigenvalue weighted by atomic mass is 10.0. The number of carbonyl (C=O) groups excluding carboxylic acids is 1. The van der Waals surface area contributed by atoms with Gasteiger partial charge in [-0.05, 0) is 29.9 Å². The third kappa shape index (κ3) is 3.51. The van der Waals surface area contributed by atoms with Crippen molar-refractivity contribution in [1.82, 2.24) is 0 Å². The minimum Gasteiger partial charge on any atom is -0.493 e. The van der Waals surface area contributed by atoms with Gasteiger partial charge < -0.3 is 4.74 Å². The SMILES string of the molecule is CCCSCC(=O)Cc1cc(Br)cc2c1OCC2. The molecule has 1 heterocycles. The standard InChI is InChI=1S/C14H17BrO2S/c1-2-5-18-9-13(16)8-11-7-12(15)6-10-3-4-17-14(10)11/h6-7H,2-5,8-9H2,1H3. The molecule has 1 aliphatic rings. The maximum Gasteiger partial charge on any atom is 0.147 e. The summed E-state index contributed by atoms with van der Waals surface area (Å²) < 4.78 is 6.67. The van der Waals surface area contributed by atoms with Crippen LogP contribution < -0.4 is 4.74 Å². The van der Waals surface area contributed by atoms with Crippen LogP contribution in [0.2, 0.25) is 0 Å². The molecule has 18 heavy (non-hydrogen) atoms. The van der Waals surface area contributed by atoms with Crippen LogP contribution in [-0.2, 0) is 17.6 Å². The molecule has 0 atom stereocenters. The van der Waals surface area contributed by atoms with Crippen molar-refractivity contribution in [3.8, 4) is 5.75 Å². The molecule has 2 rings (SSSR count). The Morgan fingerprint density at radius 3 is 3.11 bits per heavy atom. The molecule has 0 aromatic heterocycles. The zero-order chi connectivity index (χ0) is 13.0. The summed E-state index contributed by atoms with van der Waals surface area (Å²) in [7, 11) is 0. The Bertz CT molecular complexity index is 446. The largest absolute Gasteiger partial charge is 0.493 e. The molecule has 2 nitrogen and oxygen atoms in total. The first-order valence-corrected chi connectivity index (χ1v) is 8.19. The minimum absolute atomic E-state index is 0.282. The molecule has 4 heteroatoms. The van der Waals surface area contributed by atoms with E-state index in [1.807, 2.05) is 6.07 Å². The van der Waals surface area contributed by atoms with Gasteiger partial charge in [0, 0.05) is 22.9 Å². The van der Waals surface area contributed by atoms with Gasteiger partial charge in [0.1, 0.15) is 11.5 Å². The summed E-state index contributed by atoms with van der Waals surface area (Å²) in [4.78, 5) is 11.9. The molecular weight excluding hydrogens is 312 g/mol. The van der Waals surface area contributed by atoms with Crippen molar-refractivity contribution in [2.75, 3.05) is 18.1 Å². The Morgan fingerprint density at radius 2 is 2.33 bits per heavy atom. The third-order valence-corrected chi connectivity index (χ3v) is 4.51. The number of hydrogen-bond donors (Lipinski definition) is 0. The molecular formula is C14H17BrO2S. The average Bonchev–Trinajstić information content (AvgIpc) is 2.77. The first-order valence-electron chi connectivity index (χ1n) is 6.24. The Labute approximate surface area is 121 Å². The van der Waals surface area contributed by atoms with Crippen molar-refractivity contribution in [2.45, 2.75) is 26.2 Å². The Morgan fingerprint density at radius 1 is 1.50 bits per heavy atom. The van der Waals surface area contributed by atoms with Gasteiger partial charge in [0.05, 0.1) is 12.4 Å². The van der Waals surface area contributed by atoms with Crippen LogP contribution in [0.3, 0.4) is 0 Å². The third-order valence-electron chi connectivity index (χ3n) is 2.82. The molecule has 0 bridgehead atoms. The molecule has 0 spiro atoms. The summed E-state index contributed by atoms with van der Waals surface area (Å²) in [5.41, 5.74) is 2.24. The maximum absolute atomic E-state index is 11.9. The van der Waals surface area contributed by atoms with Crippen molar-refractivity contribution in [2.24, 2.45) is 0 Å². The maximum atomic E-state index is 11.9. The van der Waals surface area contributed by atoms with E-state index in [4.69, 9.17) is 4.74 Å². The smallest absolute Gasteiger partial charge is 0.147 e. The van der Waals surface area contributed by atoms with Gasteiger partial charge in [-0.1, -0.05) is 22.9 Å². The average molecular weight is 329 g/mol. The van der Waals surface area contributed by atoms with E-state index in [9.17, 15) is 4.79 Å². The molecule has 0 radical (unpaired) electrons. The number of rotatable bonds is 6. The number of carbonyl (C=O) groups is 1. The highest BCUT2D eigenvalue weighted by atomic mass is 79.9. The van der Waals surface area contributed by atoms with Crippen molar-refractivity contribution in [3.05, 3.63) is 27.7 Å². The number of ether oxygens (including phenoxy) is 1. The lowest BCUT2D eigenvalue weighted by Crippen LogP contribution is -2.07. The molecule has 0 fully saturated rings. The molecule has 0 saturated carbocycles. The van der Waals surface area contributed by atoms with Crippen molar-refractivity contribution >= 4 is 33.5 Å². The highest BCUT2D eigenvalue weighted by molar-refractivity contribution is 9.10. The van der Waals surface area contributed by atoms with E-state index >= 15 is 0 Å². The van der Waals surface area contributed by atoms with Crippen LogP contribution in [0.5, 0.6) is 5.75 Å². The second kappa shape index (κ2) is 6.62. The molecule has 0 amide bonds. The fraction of sp³-hybridized carbons (Fsp3) is 0.500. The first kappa shape index (κ1) is 13.9. The number of Topliss-reactive ketones (excluding diaryl/α,β-unsaturated/α-hetero) is 1. The summed E-state index contributed by atoms with van der Waals surface area (Å²) in [5, 5.41) is 0. The number of halogens is 1. The number of thioether (sulfide) groups is 1. The highest BCUT2D eigenvalue weighted by Gasteiger charge is 2.19. The van der Waals surface area contributed by atoms with E-state index < -0.39 is 0 Å². The molecule has 0 unspecified atom stereocenters. The van der Waals surface area contributed by atoms with Gasteiger partial charge in [-0.25, -0.2) is 0 Å². The number of hydrogen-bond acceptors (Lipinski definition) is 3. The van der Waals surface area contributed by atoms with Gasteiger partial charge in [-0.2, -0.15) is 11.8 Å². The molecule has 1 aromatic rings. The quantitative estimate of drug-likeness (QED) is 0.746. The second-order valence-electron chi connectivity index (χ2n) is 4.42. The summed E-state index contributed by atoms with van der Waals surface area (Å²) >= 11 is 5.21. The van der Waals surface area contributed by atoms with Crippen molar-refractivity contribution < 1.29 is 9.53 Å². The highest BCUT2D eigenvalue weighted by Crippen LogP contribution is 2.33. The van der Waals surface area contributed by atoms with E-state index in [0.717, 1.165) is 41.0 Å². The number of benzene rings is 1. The van der Waals surface area contributed by atoms with Gasteiger partial charge in [0.15, 0.2) is 0 Å². The predicted octanol–water partition coefficient (Wildman–Crippen LogP) is 3.64. The first-order chi connectivity index (χ1) is 8.70. The molecule has 0 saturated heterocycles. The fourth-order valence-electron chi connectivity index (χ4n) is 2.07. The molecule has 0 aliphatic carbocycles. The summed E-state index contributed by atoms with van der Waals surface area (Å²) in [5.74, 6) is 2.88. The van der Waals surface area contributed by atoms with Crippen LogP contribution in [0.1, 0.15) is 24.5 Å². The van der Waals surface area contributed by atoms with Crippen molar-refractivity contribution in [1.29, 1.82) is 0 Å². The summed E-state index contributed by atoms with van der Waals surface area (Å²) in [6.07, 6.45) is 2.55. The van der Waals surface area contributed by atoms with Crippen molar-refractivity contribution in [3.63, 3.8) is 0 Å². The molecule has 1 aliphatic heterocycles. The summed E-state index contributed by atoms with van der Waals surface area (Å²) in [6.45, 7) is 2.87. The van der Waals surface area contributed by atoms with Crippen LogP contribution >= 0.6 is 27.7 Å². The Balaban J connectivity index is 2.03. The molecule has 1 aromatic carbocycles. The Kier molecular flexibility index (Phi) is 5.13. The number of ketones is 1. The van der Waals surface area contributed by atoms with Gasteiger partial charge in [0.25, 0.3) is 0 Å². The van der Waals surface area contributed by atoms with Crippen LogP contribution in [0, 0.1) is 0 Å². The minimum atomic E-state index is 0.282. The van der Waals surface area contributed by atoms with E-state index in [-0.39, 0.29) is 5.78 Å². The van der Waals surface area contributed by atoms with Crippen LogP contribution in [0.25, 0.3) is 0 Å². The van der Waals surface area contributed by atoms with Gasteiger partial charge in [-0.15, -0.1) is 0 Å². The van der Waals surface area contributed by atoms with E-state index in [1.165, 1.54) is 5.56 Å². The molecule has 0 N–H and O–H groups in total. The van der Waals surface area contributed by atoms with Gasteiger partial charge >= 0.3 is 0 Å². The molecule has 98 valence electrons. The lowest BCUT2D eigenvalue weighted by molar-refractivity contribution is -0.116. The van der Waals surface area contributed by atoms with Crippen LogP contribution in [-0.4, -0.2) is 23.9 Å². The van der Waals surface area contributed by atoms with Crippen LogP contribution in [0.4, 0.5) is 0 Å². The second-order valence-corrected chi connectivity index (χ2v) is 6.44. The Hall–Kier alpha value is -0.480. The van der Waals surface area contributed by atoms with Gasteiger partial charge in [0.2, 0.25) is 0 Å². The zero-order valence-electron chi connectivity index (χ0n) is 10.5. The topological polar surface area (TPSA) is 26.3 Å². The monoisotopic (exact) mass is 328 g/mol. The predicted molar refractivity (Wildman–Crippen MR) is 79.7 cm³/mol. The van der Waals surface area contributed by atoms with E-state index in [0.29, 0.717) is 12.2 Å². The van der Waals surface area contributed by atoms with Crippen LogP contribution in [0.15, 0.2) is 16.6 Å². The lowest BCUT2D eigenvalue weighted by Gasteiger charge is -2.08. The van der Waals surface area contributed by atoms with E-state index in [2.05, 4.69) is 28.9 Å². The zero-order valence-corrected chi connectivity index (χ0v) is 12.9. The summed E-state index contributed by atoms with van der Waals surface area (Å²) in [6, 6.07) is 4.09. The van der Waals surface area contributed by atoms with Gasteiger partial charge in [-0.3, -0.25) is 4.79 Å². The number of fused-ring (bicyclic) bond motifs is 1. The van der Waals surface area contributed by atoms with E-state index in [1.54, 1.807) is 11.8 Å². The fourth-order valence-corrected chi connectivity index (χ4v) is 3.39. The normalized spacial score (nSPS) is 13.2.